The van der Waals surface area contributed by atoms with Crippen molar-refractivity contribution in [2.75, 3.05) is 28.8 Å². The van der Waals surface area contributed by atoms with Gasteiger partial charge in [-0.05, 0) is 47.9 Å². The predicted octanol–water partition coefficient (Wildman–Crippen LogP) is 3.53. The largest absolute Gasteiger partial charge is 0.355 e. The summed E-state index contributed by atoms with van der Waals surface area (Å²) in [5.41, 5.74) is 8.74. The average molecular weight is 558 g/mol. The van der Waals surface area contributed by atoms with Gasteiger partial charge in [-0.1, -0.05) is 19.9 Å². The van der Waals surface area contributed by atoms with E-state index in [1.165, 1.54) is 11.8 Å². The maximum absolute atomic E-state index is 11.8. The minimum absolute atomic E-state index is 0.0832. The van der Waals surface area contributed by atoms with E-state index in [1.807, 2.05) is 23.4 Å². The number of rotatable bonds is 8. The van der Waals surface area contributed by atoms with Crippen molar-refractivity contribution in [3.8, 4) is 17.5 Å². The molecular weight excluding hydrogens is 526 g/mol. The van der Waals surface area contributed by atoms with Crippen molar-refractivity contribution in [2.24, 2.45) is 11.7 Å². The quantitative estimate of drug-likeness (QED) is 0.328. The van der Waals surface area contributed by atoms with Crippen LogP contribution in [0, 0.1) is 17.2 Å². The predicted molar refractivity (Wildman–Crippen MR) is 154 cm³/mol. The summed E-state index contributed by atoms with van der Waals surface area (Å²) < 4.78 is 25.3. The van der Waals surface area contributed by atoms with Crippen LogP contribution in [0.2, 0.25) is 0 Å². The zero-order chi connectivity index (χ0) is 28.2. The van der Waals surface area contributed by atoms with Gasteiger partial charge in [0.25, 0.3) is 0 Å². The standard InChI is InChI=1S/C28H31N9O2S/c1-17(2)20-4-5-23(36-13-19(26(36)30)15-40(3,38)39)22-12-32-25(10-21(20)22)34-24-6-9-31-27(35-24)18-11-33-37(14-18)28(16-29)7-8-28/h4-6,9-12,14,17,19,26H,7-8,13,15,30H2,1-3H3,(H,31,32,34,35)/t19-,26+/m1/s1. The Balaban J connectivity index is 1.28. The molecule has 4 heterocycles. The lowest BCUT2D eigenvalue weighted by Gasteiger charge is -2.47. The maximum atomic E-state index is 11.8. The molecular formula is C28H31N9O2S. The molecule has 0 radical (unpaired) electrons. The number of pyridine rings is 1. The van der Waals surface area contributed by atoms with Crippen molar-refractivity contribution in [3.63, 3.8) is 0 Å². The summed E-state index contributed by atoms with van der Waals surface area (Å²) in [5.74, 6) is 1.99. The van der Waals surface area contributed by atoms with Crippen LogP contribution in [0.3, 0.4) is 0 Å². The van der Waals surface area contributed by atoms with Crippen molar-refractivity contribution < 1.29 is 8.42 Å². The van der Waals surface area contributed by atoms with Gasteiger partial charge in [-0.3, -0.25) is 4.68 Å². The van der Waals surface area contributed by atoms with Gasteiger partial charge < -0.3 is 16.0 Å². The first-order chi connectivity index (χ1) is 19.1. The van der Waals surface area contributed by atoms with Crippen molar-refractivity contribution in [1.29, 1.82) is 5.26 Å². The summed E-state index contributed by atoms with van der Waals surface area (Å²) in [6.07, 6.45) is 9.49. The number of aromatic nitrogens is 5. The molecule has 1 aromatic carbocycles. The summed E-state index contributed by atoms with van der Waals surface area (Å²) in [6.45, 7) is 4.88. The van der Waals surface area contributed by atoms with E-state index in [-0.39, 0.29) is 23.8 Å². The lowest BCUT2D eigenvalue weighted by molar-refractivity contribution is 0.328. The zero-order valence-corrected chi connectivity index (χ0v) is 23.4. The highest BCUT2D eigenvalue weighted by Crippen LogP contribution is 2.43. The minimum Gasteiger partial charge on any atom is -0.355 e. The molecule has 6 rings (SSSR count). The van der Waals surface area contributed by atoms with E-state index in [0.29, 0.717) is 24.0 Å². The van der Waals surface area contributed by atoms with Crippen LogP contribution >= 0.6 is 0 Å². The summed E-state index contributed by atoms with van der Waals surface area (Å²) >= 11 is 0. The number of nitrogens with two attached hydrogens (primary N) is 1. The molecule has 4 aromatic rings. The molecule has 0 bridgehead atoms. The Morgan fingerprint density at radius 1 is 1.18 bits per heavy atom. The molecule has 1 aliphatic heterocycles. The molecule has 0 spiro atoms. The van der Waals surface area contributed by atoms with Gasteiger partial charge in [0.2, 0.25) is 0 Å². The Morgan fingerprint density at radius 2 is 1.98 bits per heavy atom. The second kappa shape index (κ2) is 9.53. The van der Waals surface area contributed by atoms with Crippen LogP contribution < -0.4 is 16.0 Å². The van der Waals surface area contributed by atoms with E-state index < -0.39 is 15.4 Å². The van der Waals surface area contributed by atoms with E-state index in [4.69, 9.17) is 5.73 Å². The molecule has 2 fully saturated rings. The zero-order valence-electron chi connectivity index (χ0n) is 22.6. The van der Waals surface area contributed by atoms with Crippen molar-refractivity contribution in [3.05, 3.63) is 54.6 Å². The monoisotopic (exact) mass is 557 g/mol. The molecule has 1 aliphatic carbocycles. The Morgan fingerprint density at radius 3 is 2.65 bits per heavy atom. The molecule has 0 unspecified atom stereocenters. The molecule has 12 heteroatoms. The fraction of sp³-hybridized carbons (Fsp3) is 0.393. The molecule has 1 saturated carbocycles. The van der Waals surface area contributed by atoms with E-state index in [1.54, 1.807) is 23.1 Å². The first kappa shape index (κ1) is 26.2. The summed E-state index contributed by atoms with van der Waals surface area (Å²) in [6, 6.07) is 10.3. The smallest absolute Gasteiger partial charge is 0.164 e. The van der Waals surface area contributed by atoms with Gasteiger partial charge in [-0.25, -0.2) is 23.4 Å². The Labute approximate surface area is 233 Å². The summed E-state index contributed by atoms with van der Waals surface area (Å²) in [7, 11) is -3.10. The van der Waals surface area contributed by atoms with Gasteiger partial charge >= 0.3 is 0 Å². The maximum Gasteiger partial charge on any atom is 0.164 e. The van der Waals surface area contributed by atoms with Gasteiger partial charge in [-0.2, -0.15) is 10.4 Å². The molecule has 206 valence electrons. The van der Waals surface area contributed by atoms with Crippen molar-refractivity contribution in [1.82, 2.24) is 24.7 Å². The van der Waals surface area contributed by atoms with E-state index in [2.05, 4.69) is 57.4 Å². The number of anilines is 3. The highest BCUT2D eigenvalue weighted by molar-refractivity contribution is 7.90. The number of fused-ring (bicyclic) bond motifs is 1. The number of nitrogens with zero attached hydrogens (tertiary/aromatic N) is 7. The average Bonchev–Trinajstić information content (AvgIpc) is 3.56. The van der Waals surface area contributed by atoms with Crippen LogP contribution in [-0.4, -0.2) is 57.9 Å². The number of nitriles is 1. The van der Waals surface area contributed by atoms with Gasteiger partial charge in [0.05, 0.1) is 29.7 Å². The highest BCUT2D eigenvalue weighted by Gasteiger charge is 2.46. The van der Waals surface area contributed by atoms with E-state index >= 15 is 0 Å². The van der Waals surface area contributed by atoms with Gasteiger partial charge in [0.1, 0.15) is 27.0 Å². The molecule has 3 aromatic heterocycles. The van der Waals surface area contributed by atoms with Crippen LogP contribution in [0.5, 0.6) is 0 Å². The van der Waals surface area contributed by atoms with E-state index in [0.717, 1.165) is 34.9 Å². The number of hydrogen-bond acceptors (Lipinski definition) is 10. The van der Waals surface area contributed by atoms with Gasteiger partial charge in [0, 0.05) is 48.4 Å². The second-order valence-corrected chi connectivity index (χ2v) is 13.3. The normalized spacial score (nSPS) is 19.9. The molecule has 1 saturated heterocycles. The Hall–Kier alpha value is -4.08. The minimum atomic E-state index is -3.10. The molecule has 2 atom stereocenters. The number of hydrogen-bond donors (Lipinski definition) is 2. The third kappa shape index (κ3) is 4.76. The molecule has 2 aliphatic rings. The third-order valence-electron chi connectivity index (χ3n) is 7.76. The molecule has 0 amide bonds. The Kier molecular flexibility index (Phi) is 6.23. The SMILES string of the molecule is CC(C)c1ccc(N2C[C@H](CS(C)(=O)=O)[C@H]2N)c2cnc(Nc3ccnc(-c4cnn(C5(C#N)CC5)c4)n3)cc12. The van der Waals surface area contributed by atoms with Crippen molar-refractivity contribution >= 4 is 37.9 Å². The summed E-state index contributed by atoms with van der Waals surface area (Å²) in [4.78, 5) is 15.8. The fourth-order valence-corrected chi connectivity index (χ4v) is 6.43. The molecule has 11 nitrogen and oxygen atoms in total. The van der Waals surface area contributed by atoms with Crippen LogP contribution in [0.15, 0.2) is 49.1 Å². The van der Waals surface area contributed by atoms with Crippen molar-refractivity contribution in [2.45, 2.75) is 44.3 Å². The third-order valence-corrected chi connectivity index (χ3v) is 8.79. The van der Waals surface area contributed by atoms with Gasteiger partial charge in [-0.15, -0.1) is 0 Å². The number of benzene rings is 1. The first-order valence-electron chi connectivity index (χ1n) is 13.3. The lowest BCUT2D eigenvalue weighted by Crippen LogP contribution is -2.63. The highest BCUT2D eigenvalue weighted by atomic mass is 32.2. The molecule has 3 N–H and O–H groups in total. The molecule has 40 heavy (non-hydrogen) atoms. The van der Waals surface area contributed by atoms with E-state index in [9.17, 15) is 13.7 Å². The lowest BCUT2D eigenvalue weighted by atomic mass is 9.92. The van der Waals surface area contributed by atoms with Gasteiger partial charge in [0.15, 0.2) is 5.82 Å². The Bertz CT molecular complexity index is 1760. The topological polar surface area (TPSA) is 156 Å². The number of nitrogens with one attached hydrogen (secondary N) is 1. The fourth-order valence-electron chi connectivity index (χ4n) is 5.35. The second-order valence-electron chi connectivity index (χ2n) is 11.1. The number of sulfone groups is 1. The van der Waals surface area contributed by atoms with Crippen LogP contribution in [-0.2, 0) is 15.4 Å². The van der Waals surface area contributed by atoms with Crippen LogP contribution in [0.25, 0.3) is 22.2 Å². The first-order valence-corrected chi connectivity index (χ1v) is 15.3. The summed E-state index contributed by atoms with van der Waals surface area (Å²) in [5, 5.41) is 19.2. The van der Waals surface area contributed by atoms with Crippen LogP contribution in [0.1, 0.15) is 38.2 Å². The van der Waals surface area contributed by atoms with Crippen LogP contribution in [0.4, 0.5) is 17.3 Å².